The van der Waals surface area contributed by atoms with Crippen molar-refractivity contribution in [3.8, 4) is 0 Å². The third-order valence-corrected chi connectivity index (χ3v) is 3.51. The average Bonchev–Trinajstić information content (AvgIpc) is 2.82. The predicted octanol–water partition coefficient (Wildman–Crippen LogP) is 2.53. The first-order valence-electron chi connectivity index (χ1n) is 6.47. The first-order chi connectivity index (χ1) is 8.83. The molecule has 0 amide bonds. The number of nitrogen functional groups attached to an aromatic ring is 1. The van der Waals surface area contributed by atoms with Crippen molar-refractivity contribution in [1.29, 1.82) is 0 Å². The molecule has 94 valence electrons. The maximum Gasteiger partial charge on any atom is 0.183 e. The second kappa shape index (κ2) is 4.76. The number of hydrogen-bond donors (Lipinski definition) is 2. The van der Waals surface area contributed by atoms with E-state index in [0.29, 0.717) is 17.4 Å². The van der Waals surface area contributed by atoms with Gasteiger partial charge in [0.15, 0.2) is 11.5 Å². The van der Waals surface area contributed by atoms with Gasteiger partial charge in [-0.15, -0.1) is 0 Å². The lowest BCUT2D eigenvalue weighted by Crippen LogP contribution is -2.02. The minimum atomic E-state index is 0.449. The highest BCUT2D eigenvalue weighted by Gasteiger charge is 2.10. The lowest BCUT2D eigenvalue weighted by Gasteiger charge is -2.17. The molecule has 1 aliphatic carbocycles. The molecule has 0 aliphatic heterocycles. The SMILES string of the molecule is Nc1ncnc2nc(/C=C/C3CCCCC3)[nH]c12. The summed E-state index contributed by atoms with van der Waals surface area (Å²) in [5, 5.41) is 0. The Balaban J connectivity index is 1.82. The van der Waals surface area contributed by atoms with Crippen LogP contribution >= 0.6 is 0 Å². The van der Waals surface area contributed by atoms with Gasteiger partial charge in [0.2, 0.25) is 0 Å². The fraction of sp³-hybridized carbons (Fsp3) is 0.462. The average molecular weight is 243 g/mol. The largest absolute Gasteiger partial charge is 0.382 e. The van der Waals surface area contributed by atoms with E-state index in [1.807, 2.05) is 6.08 Å². The Morgan fingerprint density at radius 3 is 2.83 bits per heavy atom. The molecule has 0 atom stereocenters. The molecule has 0 saturated heterocycles. The number of nitrogens with two attached hydrogens (primary N) is 1. The summed E-state index contributed by atoms with van der Waals surface area (Å²) in [6.45, 7) is 0. The van der Waals surface area contributed by atoms with Gasteiger partial charge in [-0.2, -0.15) is 0 Å². The first-order valence-corrected chi connectivity index (χ1v) is 6.47. The van der Waals surface area contributed by atoms with Gasteiger partial charge in [-0.3, -0.25) is 0 Å². The van der Waals surface area contributed by atoms with Gasteiger partial charge in [-0.05, 0) is 24.8 Å². The topological polar surface area (TPSA) is 80.5 Å². The Kier molecular flexibility index (Phi) is 2.96. The van der Waals surface area contributed by atoms with Crippen molar-refractivity contribution >= 4 is 23.1 Å². The highest BCUT2D eigenvalue weighted by molar-refractivity contribution is 5.82. The van der Waals surface area contributed by atoms with Crippen molar-refractivity contribution in [3.05, 3.63) is 18.2 Å². The number of aromatic nitrogens is 4. The van der Waals surface area contributed by atoms with Gasteiger partial charge in [0, 0.05) is 0 Å². The Labute approximate surface area is 106 Å². The van der Waals surface area contributed by atoms with Crippen LogP contribution in [0.25, 0.3) is 17.2 Å². The van der Waals surface area contributed by atoms with Gasteiger partial charge in [-0.1, -0.05) is 25.3 Å². The maximum atomic E-state index is 5.76. The zero-order valence-corrected chi connectivity index (χ0v) is 10.3. The molecule has 2 aromatic heterocycles. The maximum absolute atomic E-state index is 5.76. The van der Waals surface area contributed by atoms with Crippen molar-refractivity contribution in [2.45, 2.75) is 32.1 Å². The van der Waals surface area contributed by atoms with E-state index in [-0.39, 0.29) is 0 Å². The zero-order valence-electron chi connectivity index (χ0n) is 10.3. The van der Waals surface area contributed by atoms with E-state index in [1.165, 1.54) is 38.4 Å². The molecule has 18 heavy (non-hydrogen) atoms. The van der Waals surface area contributed by atoms with Gasteiger partial charge in [-0.25, -0.2) is 15.0 Å². The molecular weight excluding hydrogens is 226 g/mol. The van der Waals surface area contributed by atoms with E-state index in [1.54, 1.807) is 0 Å². The van der Waals surface area contributed by atoms with E-state index < -0.39 is 0 Å². The molecule has 5 nitrogen and oxygen atoms in total. The summed E-state index contributed by atoms with van der Waals surface area (Å²) in [5.41, 5.74) is 7.12. The van der Waals surface area contributed by atoms with Crippen LogP contribution in [0.5, 0.6) is 0 Å². The summed E-state index contributed by atoms with van der Waals surface area (Å²) < 4.78 is 0. The van der Waals surface area contributed by atoms with Crippen LogP contribution in [-0.4, -0.2) is 19.9 Å². The van der Waals surface area contributed by atoms with Gasteiger partial charge < -0.3 is 10.7 Å². The molecule has 1 aliphatic rings. The second-order valence-electron chi connectivity index (χ2n) is 4.84. The number of aromatic amines is 1. The third kappa shape index (κ3) is 2.20. The van der Waals surface area contributed by atoms with Crippen molar-refractivity contribution in [1.82, 2.24) is 19.9 Å². The van der Waals surface area contributed by atoms with E-state index in [9.17, 15) is 0 Å². The predicted molar refractivity (Wildman–Crippen MR) is 71.7 cm³/mol. The molecular formula is C13H17N5. The molecule has 2 heterocycles. The van der Waals surface area contributed by atoms with Crippen LogP contribution in [-0.2, 0) is 0 Å². The minimum absolute atomic E-state index is 0.449. The number of rotatable bonds is 2. The number of anilines is 1. The lowest BCUT2D eigenvalue weighted by atomic mass is 9.89. The molecule has 3 rings (SSSR count). The van der Waals surface area contributed by atoms with Gasteiger partial charge >= 0.3 is 0 Å². The number of hydrogen-bond acceptors (Lipinski definition) is 4. The van der Waals surface area contributed by atoms with Crippen LogP contribution in [0.1, 0.15) is 37.9 Å². The number of imidazole rings is 1. The van der Waals surface area contributed by atoms with Gasteiger partial charge in [0.25, 0.3) is 0 Å². The fourth-order valence-corrected chi connectivity index (χ4v) is 2.50. The normalized spacial score (nSPS) is 17.8. The highest BCUT2D eigenvalue weighted by atomic mass is 15.0. The molecule has 0 spiro atoms. The van der Waals surface area contributed by atoms with Crippen LogP contribution < -0.4 is 5.73 Å². The second-order valence-corrected chi connectivity index (χ2v) is 4.84. The molecule has 3 N–H and O–H groups in total. The van der Waals surface area contributed by atoms with Crippen LogP contribution in [0.15, 0.2) is 12.4 Å². The third-order valence-electron chi connectivity index (χ3n) is 3.51. The quantitative estimate of drug-likeness (QED) is 0.849. The molecule has 0 unspecified atom stereocenters. The van der Waals surface area contributed by atoms with E-state index >= 15 is 0 Å². The first kappa shape index (κ1) is 11.2. The Hall–Kier alpha value is -1.91. The smallest absolute Gasteiger partial charge is 0.183 e. The molecule has 1 saturated carbocycles. The fourth-order valence-electron chi connectivity index (χ4n) is 2.50. The molecule has 2 aromatic rings. The van der Waals surface area contributed by atoms with Crippen LogP contribution in [0.3, 0.4) is 0 Å². The Bertz CT molecular complexity index is 566. The molecule has 0 radical (unpaired) electrons. The van der Waals surface area contributed by atoms with E-state index in [4.69, 9.17) is 5.73 Å². The van der Waals surface area contributed by atoms with Crippen molar-refractivity contribution < 1.29 is 0 Å². The number of H-pyrrole nitrogens is 1. The summed E-state index contributed by atoms with van der Waals surface area (Å²) >= 11 is 0. The van der Waals surface area contributed by atoms with Crippen LogP contribution in [0.2, 0.25) is 0 Å². The number of nitrogens with zero attached hydrogens (tertiary/aromatic N) is 3. The van der Waals surface area contributed by atoms with E-state index in [0.717, 1.165) is 11.3 Å². The monoisotopic (exact) mass is 243 g/mol. The Morgan fingerprint density at radius 1 is 1.22 bits per heavy atom. The van der Waals surface area contributed by atoms with Crippen molar-refractivity contribution in [2.75, 3.05) is 5.73 Å². The number of allylic oxidation sites excluding steroid dienone is 1. The minimum Gasteiger partial charge on any atom is -0.382 e. The summed E-state index contributed by atoms with van der Waals surface area (Å²) in [5.74, 6) is 1.95. The standard InChI is InChI=1S/C13H17N5/c14-12-11-13(16-8-15-12)18-10(17-11)7-6-9-4-2-1-3-5-9/h6-9H,1-5H2,(H3,14,15,16,17,18)/b7-6+. The summed E-state index contributed by atoms with van der Waals surface area (Å²) in [7, 11) is 0. The lowest BCUT2D eigenvalue weighted by molar-refractivity contribution is 0.420. The molecule has 0 aromatic carbocycles. The number of nitrogens with one attached hydrogen (secondary N) is 1. The summed E-state index contributed by atoms with van der Waals surface area (Å²) in [4.78, 5) is 15.6. The Morgan fingerprint density at radius 2 is 2.06 bits per heavy atom. The number of fused-ring (bicyclic) bond motifs is 1. The van der Waals surface area contributed by atoms with Gasteiger partial charge in [0.05, 0.1) is 0 Å². The van der Waals surface area contributed by atoms with Gasteiger partial charge in [0.1, 0.15) is 17.7 Å². The van der Waals surface area contributed by atoms with Crippen molar-refractivity contribution in [2.24, 2.45) is 5.92 Å². The molecule has 1 fully saturated rings. The molecule has 5 heteroatoms. The zero-order chi connectivity index (χ0) is 12.4. The summed E-state index contributed by atoms with van der Waals surface area (Å²) in [6.07, 6.45) is 12.4. The van der Waals surface area contributed by atoms with E-state index in [2.05, 4.69) is 26.0 Å². The van der Waals surface area contributed by atoms with Crippen molar-refractivity contribution in [3.63, 3.8) is 0 Å². The summed E-state index contributed by atoms with van der Waals surface area (Å²) in [6, 6.07) is 0. The molecule has 0 bridgehead atoms. The van der Waals surface area contributed by atoms with Crippen LogP contribution in [0, 0.1) is 5.92 Å². The highest BCUT2D eigenvalue weighted by Crippen LogP contribution is 2.25. The van der Waals surface area contributed by atoms with Crippen LogP contribution in [0.4, 0.5) is 5.82 Å².